The maximum atomic E-state index is 13.5. The zero-order valence-electron chi connectivity index (χ0n) is 23.7. The molecule has 2 rings (SSSR count). The van der Waals surface area contributed by atoms with Crippen LogP contribution < -0.4 is 27.4 Å². The number of nitrogens with two attached hydrogens (primary N) is 2. The van der Waals surface area contributed by atoms with Gasteiger partial charge in [0, 0.05) is 0 Å². The van der Waals surface area contributed by atoms with Crippen molar-refractivity contribution in [3.8, 4) is 5.75 Å². The van der Waals surface area contributed by atoms with E-state index in [4.69, 9.17) is 12.9 Å². The lowest BCUT2D eigenvalue weighted by molar-refractivity contribution is -0.130. The summed E-state index contributed by atoms with van der Waals surface area (Å²) in [6.07, 6.45) is 0.0604. The van der Waals surface area contributed by atoms with Gasteiger partial charge in [0.2, 0.25) is 22.6 Å². The van der Waals surface area contributed by atoms with Crippen LogP contribution in [0.25, 0.3) is 0 Å². The van der Waals surface area contributed by atoms with Crippen LogP contribution in [0.3, 0.4) is 0 Å². The molecule has 2 aromatic rings. The number of phenols is 1. The Bertz CT molecular complexity index is 1340. The van der Waals surface area contributed by atoms with Crippen molar-refractivity contribution in [2.24, 2.45) is 11.5 Å². The summed E-state index contributed by atoms with van der Waals surface area (Å²) in [7, 11) is -5.13. The van der Waals surface area contributed by atoms with Crippen molar-refractivity contribution < 1.29 is 38.7 Å². The largest absolute Gasteiger partial charge is 0.508 e. The number of aromatic hydroxyl groups is 1. The number of nitrogens with one attached hydrogen (secondary N) is 3. The lowest BCUT2D eigenvalue weighted by Crippen LogP contribution is -2.62. The standard InChI is InChI=1S/C27H37N5O8S/c1-2-3-13-27(29,41(38,39)40)25(36)22(15-18-7-5-4-6-8-18)32-24(35)17-30-23(34)16-31-26(37)21(28)14-19-9-11-20(33)12-10-19/h4-12,21-22,33H,2-3,13-17,28-29H2,1H3,(H,30,34)(H,31,37)(H,32,35)(H,38,39,40)/t21-,22-,27?/m0/s1/i/hD. The van der Waals surface area contributed by atoms with E-state index in [1.165, 1.54) is 12.1 Å². The van der Waals surface area contributed by atoms with Crippen LogP contribution in [0.15, 0.2) is 54.6 Å². The Morgan fingerprint density at radius 2 is 1.54 bits per heavy atom. The maximum Gasteiger partial charge on any atom is 0.291 e. The number of rotatable bonds is 16. The Labute approximate surface area is 240 Å². The van der Waals surface area contributed by atoms with E-state index < -0.39 is 70.1 Å². The van der Waals surface area contributed by atoms with Crippen LogP contribution in [0.2, 0.25) is 1.41 Å². The molecule has 0 spiro atoms. The number of hydrogen-bond donors (Lipinski definition) is 7. The number of carbonyl (C=O) groups excluding carboxylic acids is 4. The molecule has 1 unspecified atom stereocenters. The van der Waals surface area contributed by atoms with Crippen LogP contribution in [0, 0.1) is 0 Å². The van der Waals surface area contributed by atoms with Gasteiger partial charge in [0.25, 0.3) is 10.1 Å². The number of amides is 3. The summed E-state index contributed by atoms with van der Waals surface area (Å²) < 4.78 is 42.6. The molecule has 0 saturated heterocycles. The Morgan fingerprint density at radius 1 is 0.951 bits per heavy atom. The van der Waals surface area contributed by atoms with Crippen molar-refractivity contribution in [3.63, 3.8) is 0 Å². The molecule has 0 bridgehead atoms. The first-order chi connectivity index (χ1) is 19.7. The van der Waals surface area contributed by atoms with Crippen molar-refractivity contribution in [2.45, 2.75) is 56.0 Å². The van der Waals surface area contributed by atoms with Gasteiger partial charge in [-0.15, -0.1) is 0 Å². The summed E-state index contributed by atoms with van der Waals surface area (Å²) in [5, 5.41) is 14.1. The van der Waals surface area contributed by atoms with Gasteiger partial charge in [-0.05, 0) is 42.5 Å². The number of benzene rings is 2. The van der Waals surface area contributed by atoms with Crippen LogP contribution in [0.4, 0.5) is 0 Å². The third kappa shape index (κ3) is 10.2. The number of hydrogen-bond acceptors (Lipinski definition) is 9. The third-order valence-electron chi connectivity index (χ3n) is 6.24. The average Bonchev–Trinajstić information content (AvgIpc) is 2.96. The predicted molar refractivity (Wildman–Crippen MR) is 151 cm³/mol. The van der Waals surface area contributed by atoms with Gasteiger partial charge in [0.1, 0.15) is 5.75 Å². The molecule has 14 heteroatoms. The summed E-state index contributed by atoms with van der Waals surface area (Å²) in [5.41, 5.74) is 13.0. The molecule has 0 heterocycles. The first-order valence-corrected chi connectivity index (χ1v) is 14.4. The molecule has 2 aromatic carbocycles. The lowest BCUT2D eigenvalue weighted by Gasteiger charge is -2.29. The second kappa shape index (κ2) is 15.2. The van der Waals surface area contributed by atoms with E-state index in [0.717, 1.165) is 0 Å². The highest BCUT2D eigenvalue weighted by Crippen LogP contribution is 2.22. The van der Waals surface area contributed by atoms with Gasteiger partial charge in [-0.3, -0.25) is 23.7 Å². The maximum absolute atomic E-state index is 13.5. The third-order valence-corrected chi connectivity index (χ3v) is 7.57. The van der Waals surface area contributed by atoms with Crippen molar-refractivity contribution in [1.29, 1.82) is 0 Å². The van der Waals surface area contributed by atoms with E-state index in [1.54, 1.807) is 49.4 Å². The van der Waals surface area contributed by atoms with Gasteiger partial charge < -0.3 is 32.5 Å². The minimum atomic E-state index is -5.13. The minimum absolute atomic E-state index is 0.0577. The first-order valence-electron chi connectivity index (χ1n) is 13.4. The zero-order valence-corrected chi connectivity index (χ0v) is 23.5. The Hall–Kier alpha value is -3.85. The second-order valence-corrected chi connectivity index (χ2v) is 11.2. The zero-order chi connectivity index (χ0) is 31.5. The molecular weight excluding hydrogens is 554 g/mol. The van der Waals surface area contributed by atoms with E-state index >= 15 is 0 Å². The number of phenolic OH excluding ortho intramolecular Hbond substituents is 1. The number of ketones is 1. The highest BCUT2D eigenvalue weighted by atomic mass is 32.2. The van der Waals surface area contributed by atoms with Gasteiger partial charge in [0.15, 0.2) is 7.20 Å². The number of Topliss-reactive ketones (excluding diaryl/α,β-unsaturated/α-hetero) is 1. The predicted octanol–water partition coefficient (Wildman–Crippen LogP) is -0.476. The van der Waals surface area contributed by atoms with Gasteiger partial charge in [-0.1, -0.05) is 62.2 Å². The van der Waals surface area contributed by atoms with E-state index in [2.05, 4.69) is 10.6 Å². The van der Waals surface area contributed by atoms with Crippen molar-refractivity contribution >= 4 is 33.6 Å². The van der Waals surface area contributed by atoms with Crippen molar-refractivity contribution in [1.82, 2.24) is 15.9 Å². The van der Waals surface area contributed by atoms with Crippen molar-refractivity contribution in [2.75, 3.05) is 13.1 Å². The topological polar surface area (TPSA) is 231 Å². The van der Waals surface area contributed by atoms with Gasteiger partial charge in [-0.25, -0.2) is 0 Å². The van der Waals surface area contributed by atoms with Crippen LogP contribution in [-0.2, 0) is 42.1 Å². The van der Waals surface area contributed by atoms with Crippen molar-refractivity contribution in [3.05, 3.63) is 65.7 Å². The smallest absolute Gasteiger partial charge is 0.291 e. The average molecular weight is 593 g/mol. The molecule has 9 N–H and O–H groups in total. The molecule has 0 fully saturated rings. The Kier molecular flexibility index (Phi) is 11.8. The number of unbranched alkanes of at least 4 members (excludes halogenated alkanes) is 1. The molecular formula is C27H37N5O8S. The quantitative estimate of drug-likeness (QED) is 0.124. The van der Waals surface area contributed by atoms with E-state index in [-0.39, 0.29) is 30.3 Å². The molecule has 0 aliphatic heterocycles. The normalized spacial score (nSPS) is 14.6. The van der Waals surface area contributed by atoms with Crippen LogP contribution >= 0.6 is 0 Å². The summed E-state index contributed by atoms with van der Waals surface area (Å²) >= 11 is 0. The van der Waals surface area contributed by atoms with E-state index in [0.29, 0.717) is 17.5 Å². The van der Waals surface area contributed by atoms with Crippen LogP contribution in [0.1, 0.15) is 37.3 Å². The summed E-state index contributed by atoms with van der Waals surface area (Å²) in [5.74, 6) is -3.69. The van der Waals surface area contributed by atoms with E-state index in [1.807, 2.05) is 0 Å². The lowest BCUT2D eigenvalue weighted by atomic mass is 9.95. The fraction of sp³-hybridized carbons (Fsp3) is 0.407. The molecule has 0 radical (unpaired) electrons. The van der Waals surface area contributed by atoms with Gasteiger partial charge in [-0.2, -0.15) is 8.42 Å². The summed E-state index contributed by atoms with van der Waals surface area (Å²) in [6.45, 7) is 0.436. The minimum Gasteiger partial charge on any atom is -0.508 e. The first kappa shape index (κ1) is 31.7. The molecule has 3 atom stereocenters. The monoisotopic (exact) mass is 592 g/mol. The number of carbonyl (C=O) groups is 4. The Morgan fingerprint density at radius 3 is 2.12 bits per heavy atom. The summed E-state index contributed by atoms with van der Waals surface area (Å²) in [4.78, 5) is 48.1. The SMILES string of the molecule is [2H]N(C(=O)CNC(=O)CNC(=O)[C@@H](N)Cc1ccc(O)cc1)[C@@H](Cc1ccccc1)C(=O)C(N)(CCCC)S(=O)(=O)O. The molecule has 13 nitrogen and oxygen atoms in total. The molecule has 0 aliphatic rings. The fourth-order valence-electron chi connectivity index (χ4n) is 3.87. The van der Waals surface area contributed by atoms with Gasteiger partial charge in [0.05, 0.1) is 25.2 Å². The molecule has 0 saturated carbocycles. The molecule has 3 amide bonds. The van der Waals surface area contributed by atoms with Crippen LogP contribution in [-0.4, -0.2) is 71.6 Å². The summed E-state index contributed by atoms with van der Waals surface area (Å²) in [6, 6.07) is 11.6. The highest BCUT2D eigenvalue weighted by Gasteiger charge is 2.48. The second-order valence-electron chi connectivity index (χ2n) is 9.53. The molecule has 41 heavy (non-hydrogen) atoms. The van der Waals surface area contributed by atoms with E-state index in [9.17, 15) is 37.3 Å². The molecule has 0 aromatic heterocycles. The fourth-order valence-corrected chi connectivity index (χ4v) is 4.66. The molecule has 0 aliphatic carbocycles. The highest BCUT2D eigenvalue weighted by molar-refractivity contribution is 7.88. The van der Waals surface area contributed by atoms with Crippen LogP contribution in [0.5, 0.6) is 5.75 Å². The molecule has 224 valence electrons. The Balaban J connectivity index is 2.06. The van der Waals surface area contributed by atoms with Gasteiger partial charge >= 0.3 is 0 Å².